The summed E-state index contributed by atoms with van der Waals surface area (Å²) in [5, 5.41) is 25.2. The average Bonchev–Trinajstić information content (AvgIpc) is 3.90. The van der Waals surface area contributed by atoms with Crippen molar-refractivity contribution in [3.8, 4) is 22.8 Å². The molecule has 15 nitrogen and oxygen atoms in total. The van der Waals surface area contributed by atoms with Crippen LogP contribution in [0.2, 0.25) is 0 Å². The van der Waals surface area contributed by atoms with E-state index in [1.165, 1.54) is 4.90 Å². The number of ether oxygens (including phenoxy) is 3. The number of β-amino-alcohol motifs (C(OH)–C–C–N with tert-alkyl or cyclic N) is 1. The van der Waals surface area contributed by atoms with Crippen molar-refractivity contribution in [3.63, 3.8) is 0 Å². The number of nitrogens with zero attached hydrogens (tertiary/aromatic N) is 6. The molecular weight excluding hydrogens is 827 g/mol. The Morgan fingerprint density at radius 1 is 0.938 bits per heavy atom. The van der Waals surface area contributed by atoms with Gasteiger partial charge in [0.1, 0.15) is 35.2 Å². The smallest absolute Gasteiger partial charge is 0.329 e. The van der Waals surface area contributed by atoms with Gasteiger partial charge in [-0.05, 0) is 82.1 Å². The van der Waals surface area contributed by atoms with Crippen LogP contribution in [0.4, 0.5) is 11.6 Å². The summed E-state index contributed by atoms with van der Waals surface area (Å²) in [7, 11) is 0. The molecule has 1 aromatic carbocycles. The van der Waals surface area contributed by atoms with Crippen molar-refractivity contribution in [3.05, 3.63) is 77.8 Å². The number of carbonyl (C=O) groups excluding carboxylic acids is 2. The molecule has 4 fully saturated rings. The monoisotopic (exact) mass is 891 g/mol. The van der Waals surface area contributed by atoms with E-state index >= 15 is 0 Å². The van der Waals surface area contributed by atoms with Crippen molar-refractivity contribution in [1.82, 2.24) is 24.9 Å². The molecule has 3 atom stereocenters. The molecule has 1 saturated carbocycles. The molecule has 4 aliphatic rings. The molecule has 6 heterocycles. The van der Waals surface area contributed by atoms with Gasteiger partial charge in [0, 0.05) is 99.7 Å². The molecule has 1 amide bonds. The summed E-state index contributed by atoms with van der Waals surface area (Å²) in [6.07, 6.45) is 13.0. The van der Waals surface area contributed by atoms with E-state index < -0.39 is 29.6 Å². The Morgan fingerprint density at radius 2 is 1.69 bits per heavy atom. The summed E-state index contributed by atoms with van der Waals surface area (Å²) in [4.78, 5) is 42.1. The highest BCUT2D eigenvalue weighted by Crippen LogP contribution is 2.36. The lowest BCUT2D eigenvalue weighted by Crippen LogP contribution is -2.46. The number of aromatic hydroxyl groups is 1. The van der Waals surface area contributed by atoms with Gasteiger partial charge >= 0.3 is 5.97 Å². The number of carbonyl (C=O) groups is 2. The number of rotatable bonds is 14. The summed E-state index contributed by atoms with van der Waals surface area (Å²) < 4.78 is 24.2. The average molecular weight is 892 g/mol. The van der Waals surface area contributed by atoms with Crippen LogP contribution in [0.5, 0.6) is 11.6 Å². The Labute approximate surface area is 381 Å². The number of pyridine rings is 2. The van der Waals surface area contributed by atoms with Gasteiger partial charge < -0.3 is 49.4 Å². The molecule has 1 aliphatic carbocycles. The van der Waals surface area contributed by atoms with E-state index in [0.717, 1.165) is 93.8 Å². The van der Waals surface area contributed by atoms with Gasteiger partial charge in [-0.25, -0.2) is 14.8 Å². The number of nitrogens with two attached hydrogens (primary N) is 1. The fourth-order valence-electron chi connectivity index (χ4n) is 9.51. The molecule has 0 bridgehead atoms. The molecule has 0 unspecified atom stereocenters. The zero-order valence-electron chi connectivity index (χ0n) is 38.3. The van der Waals surface area contributed by atoms with Gasteiger partial charge in [0.15, 0.2) is 11.6 Å². The molecule has 4 aromatic rings. The van der Waals surface area contributed by atoms with Crippen molar-refractivity contribution in [1.29, 1.82) is 0 Å². The van der Waals surface area contributed by atoms with E-state index in [9.17, 15) is 19.8 Å². The molecule has 4 N–H and O–H groups in total. The van der Waals surface area contributed by atoms with E-state index in [4.69, 9.17) is 24.5 Å². The number of aromatic nitrogens is 3. The Hall–Kier alpha value is -5.51. The first kappa shape index (κ1) is 46.0. The molecule has 348 valence electrons. The van der Waals surface area contributed by atoms with Crippen LogP contribution in [-0.4, -0.2) is 122 Å². The summed E-state index contributed by atoms with van der Waals surface area (Å²) in [6, 6.07) is 14.0. The van der Waals surface area contributed by atoms with Crippen LogP contribution in [0.1, 0.15) is 102 Å². The van der Waals surface area contributed by atoms with Gasteiger partial charge in [-0.3, -0.25) is 4.79 Å². The van der Waals surface area contributed by atoms with Crippen LogP contribution >= 0.6 is 0 Å². The van der Waals surface area contributed by atoms with Gasteiger partial charge in [-0.2, -0.15) is 0 Å². The molecule has 65 heavy (non-hydrogen) atoms. The lowest BCUT2D eigenvalue weighted by atomic mass is 9.91. The van der Waals surface area contributed by atoms with E-state index in [1.54, 1.807) is 45.3 Å². The Bertz CT molecular complexity index is 2290. The highest BCUT2D eigenvalue weighted by Gasteiger charge is 2.45. The van der Waals surface area contributed by atoms with Crippen LogP contribution in [0.15, 0.2) is 65.4 Å². The number of aliphatic hydroxyl groups is 1. The van der Waals surface area contributed by atoms with Gasteiger partial charge in [-0.15, -0.1) is 0 Å². The number of hydrogen-bond acceptors (Lipinski definition) is 14. The number of piperidine rings is 2. The maximum atomic E-state index is 14.0. The third-order valence-electron chi connectivity index (χ3n) is 13.1. The van der Waals surface area contributed by atoms with Crippen LogP contribution in [0.3, 0.4) is 0 Å². The Balaban J connectivity index is 0.743. The highest BCUT2D eigenvalue weighted by atomic mass is 16.6. The van der Waals surface area contributed by atoms with Crippen LogP contribution in [0.25, 0.3) is 23.3 Å². The predicted octanol–water partition coefficient (Wildman–Crippen LogP) is 6.94. The van der Waals surface area contributed by atoms with E-state index in [0.29, 0.717) is 28.9 Å². The predicted molar refractivity (Wildman–Crippen MR) is 248 cm³/mol. The van der Waals surface area contributed by atoms with Crippen LogP contribution < -0.4 is 15.4 Å². The molecule has 15 heteroatoms. The standard InChI is InChI=1S/C50H65N7O8/c1-31(2)46(48(60)57-30-36(58)24-41(57)49(61)64-50(3,4)5)43-27-44(54-65-43)56-20-13-33(14-21-56)29-55-18-15-37(16-19-55)62-38-25-39(26-38)63-45-22-32(12-17-52-45)10-11-34-23-35(28-53-47(34)51)40-8-6-7-9-42(40)59/h6-12,17,22-23,27-28,31,33,36-39,41,46,58-59H,13-16,18-21,24-26,29-30H2,1-5H3,(H2,51,53)/b11-10+/t36-,38?,39?,41+,46-/m1/s1. The SMILES string of the molecule is CC(C)[C@@H](C(=O)N1C[C@H](O)C[C@H]1C(=O)OC(C)(C)C)c1cc(N2CCC(CN3CCC(OC4CC(Oc5cc(/C=C/c6cc(-c7ccccc7O)cnc6N)ccn5)C4)CC3)CC2)no1. The Kier molecular flexibility index (Phi) is 14.1. The van der Waals surface area contributed by atoms with Gasteiger partial charge in [0.05, 0.1) is 18.3 Å². The minimum absolute atomic E-state index is 0.0687. The molecule has 8 rings (SSSR count). The number of phenols is 1. The van der Waals surface area contributed by atoms with Crippen LogP contribution in [-0.2, 0) is 19.1 Å². The molecule has 3 aromatic heterocycles. The highest BCUT2D eigenvalue weighted by molar-refractivity contribution is 5.89. The number of esters is 1. The normalized spacial score (nSPS) is 22.9. The molecule has 3 aliphatic heterocycles. The maximum Gasteiger partial charge on any atom is 0.329 e. The van der Waals surface area contributed by atoms with Crippen molar-refractivity contribution in [2.45, 2.75) is 122 Å². The summed E-state index contributed by atoms with van der Waals surface area (Å²) >= 11 is 0. The number of para-hydroxylation sites is 1. The first-order valence-corrected chi connectivity index (χ1v) is 23.3. The zero-order chi connectivity index (χ0) is 45.8. The van der Waals surface area contributed by atoms with Crippen molar-refractivity contribution in [2.75, 3.05) is 49.9 Å². The summed E-state index contributed by atoms with van der Waals surface area (Å²) in [6.45, 7) is 14.2. The quantitative estimate of drug-likeness (QED) is 0.110. The number of nitrogen functional groups attached to an aromatic ring is 1. The lowest BCUT2D eigenvalue weighted by Gasteiger charge is -2.41. The van der Waals surface area contributed by atoms with E-state index in [2.05, 4.69) is 24.9 Å². The van der Waals surface area contributed by atoms with Crippen LogP contribution in [0, 0.1) is 11.8 Å². The van der Waals surface area contributed by atoms with E-state index in [-0.39, 0.29) is 48.9 Å². The molecule has 0 spiro atoms. The van der Waals surface area contributed by atoms with Gasteiger partial charge in [-0.1, -0.05) is 49.4 Å². The second-order valence-corrected chi connectivity index (χ2v) is 19.6. The molecule has 3 saturated heterocycles. The molecule has 0 radical (unpaired) electrons. The lowest BCUT2D eigenvalue weighted by molar-refractivity contribution is -0.163. The number of hydrogen-bond donors (Lipinski definition) is 3. The minimum Gasteiger partial charge on any atom is -0.507 e. The summed E-state index contributed by atoms with van der Waals surface area (Å²) in [5.74, 6) is 1.46. The number of benzene rings is 1. The maximum absolute atomic E-state index is 14.0. The minimum atomic E-state index is -0.840. The number of amides is 1. The largest absolute Gasteiger partial charge is 0.507 e. The van der Waals surface area contributed by atoms with E-state index in [1.807, 2.05) is 62.4 Å². The third kappa shape index (κ3) is 11.5. The Morgan fingerprint density at radius 3 is 2.42 bits per heavy atom. The second-order valence-electron chi connectivity index (χ2n) is 19.6. The summed E-state index contributed by atoms with van der Waals surface area (Å²) in [5.41, 5.74) is 8.64. The molecular formula is C50H65N7O8. The first-order valence-electron chi connectivity index (χ1n) is 23.3. The third-order valence-corrected chi connectivity index (χ3v) is 13.1. The number of aliphatic hydroxyl groups excluding tert-OH is 1. The fraction of sp³-hybridized carbons (Fsp3) is 0.540. The van der Waals surface area contributed by atoms with Crippen molar-refractivity contribution in [2.24, 2.45) is 11.8 Å². The topological polar surface area (TPSA) is 190 Å². The number of anilines is 2. The second kappa shape index (κ2) is 19.9. The van der Waals surface area contributed by atoms with Gasteiger partial charge in [0.25, 0.3) is 0 Å². The van der Waals surface area contributed by atoms with Crippen molar-refractivity contribution < 1.29 is 38.5 Å². The zero-order valence-corrected chi connectivity index (χ0v) is 38.3. The van der Waals surface area contributed by atoms with Gasteiger partial charge in [0.2, 0.25) is 11.8 Å². The first-order chi connectivity index (χ1) is 31.2. The number of phenolic OH excluding ortho intramolecular Hbond substituents is 1. The van der Waals surface area contributed by atoms with Crippen molar-refractivity contribution >= 4 is 35.7 Å². The fourth-order valence-corrected chi connectivity index (χ4v) is 9.51. The number of likely N-dealkylation sites (tertiary alicyclic amines) is 2.